The van der Waals surface area contributed by atoms with Crippen molar-refractivity contribution in [2.75, 3.05) is 6.61 Å². The Bertz CT molecular complexity index is 553. The number of benzene rings is 1. The van der Waals surface area contributed by atoms with Crippen molar-refractivity contribution in [3.63, 3.8) is 0 Å². The molecule has 1 aromatic rings. The Labute approximate surface area is 128 Å². The van der Waals surface area contributed by atoms with Crippen molar-refractivity contribution in [1.29, 1.82) is 0 Å². The Morgan fingerprint density at radius 1 is 1.05 bits per heavy atom. The van der Waals surface area contributed by atoms with Crippen LogP contribution in [0.3, 0.4) is 0 Å². The first-order chi connectivity index (χ1) is 9.73. The zero-order valence-electron chi connectivity index (χ0n) is 14.3. The summed E-state index contributed by atoms with van der Waals surface area (Å²) in [5.41, 5.74) is 3.68. The quantitative estimate of drug-likeness (QED) is 0.727. The molecule has 21 heavy (non-hydrogen) atoms. The summed E-state index contributed by atoms with van der Waals surface area (Å²) in [5, 5.41) is 0. The van der Waals surface area contributed by atoms with E-state index in [0.29, 0.717) is 13.0 Å². The molecule has 2 heteroatoms. The van der Waals surface area contributed by atoms with Gasteiger partial charge in [-0.05, 0) is 53.9 Å². The third kappa shape index (κ3) is 2.86. The highest BCUT2D eigenvalue weighted by atomic mass is 16.5. The summed E-state index contributed by atoms with van der Waals surface area (Å²) in [5.74, 6) is 0.925. The molecule has 0 atom stereocenters. The van der Waals surface area contributed by atoms with Crippen molar-refractivity contribution >= 4 is 5.78 Å². The number of carbonyl (C=O) groups is 1. The number of rotatable bonds is 4. The largest absolute Gasteiger partial charge is 0.493 e. The molecule has 0 N–H and O–H groups in total. The normalized spacial score (nSPS) is 19.0. The summed E-state index contributed by atoms with van der Waals surface area (Å²) in [6.07, 6.45) is 2.84. The lowest BCUT2D eigenvalue weighted by Crippen LogP contribution is -2.34. The lowest BCUT2D eigenvalue weighted by Gasteiger charge is -2.42. The Morgan fingerprint density at radius 2 is 1.57 bits per heavy atom. The summed E-state index contributed by atoms with van der Waals surface area (Å²) in [7, 11) is 0. The molecule has 0 aliphatic heterocycles. The van der Waals surface area contributed by atoms with Crippen LogP contribution in [0, 0.1) is 0 Å². The number of carbonyl (C=O) groups excluding carboxylic acids is 1. The highest BCUT2D eigenvalue weighted by Gasteiger charge is 2.38. The zero-order chi connectivity index (χ0) is 15.8. The van der Waals surface area contributed by atoms with Crippen molar-refractivity contribution in [3.05, 3.63) is 28.8 Å². The Morgan fingerprint density at radius 3 is 2.05 bits per heavy atom. The maximum absolute atomic E-state index is 12.3. The lowest BCUT2D eigenvalue weighted by molar-refractivity contribution is 0.0984. The third-order valence-electron chi connectivity index (χ3n) is 4.87. The van der Waals surface area contributed by atoms with Gasteiger partial charge in [-0.15, -0.1) is 0 Å². The van der Waals surface area contributed by atoms with E-state index in [0.717, 1.165) is 17.7 Å². The van der Waals surface area contributed by atoms with Crippen LogP contribution >= 0.6 is 0 Å². The molecule has 0 fully saturated rings. The van der Waals surface area contributed by atoms with Gasteiger partial charge in [0, 0.05) is 6.42 Å². The van der Waals surface area contributed by atoms with Crippen LogP contribution in [-0.2, 0) is 10.8 Å². The first-order valence-corrected chi connectivity index (χ1v) is 8.08. The van der Waals surface area contributed by atoms with E-state index in [1.807, 2.05) is 13.8 Å². The van der Waals surface area contributed by atoms with Crippen molar-refractivity contribution in [3.8, 4) is 5.75 Å². The van der Waals surface area contributed by atoms with Crippen molar-refractivity contribution in [2.45, 2.75) is 71.6 Å². The molecule has 1 aliphatic rings. The maximum atomic E-state index is 12.3. The third-order valence-corrected chi connectivity index (χ3v) is 4.87. The number of Topliss-reactive ketones (excluding diaryl/α,β-unsaturated/α-hetero) is 1. The van der Waals surface area contributed by atoms with E-state index in [2.05, 4.69) is 39.8 Å². The van der Waals surface area contributed by atoms with Crippen LogP contribution < -0.4 is 4.74 Å². The molecule has 0 saturated heterocycles. The summed E-state index contributed by atoms with van der Waals surface area (Å²) in [4.78, 5) is 12.3. The molecule has 1 aliphatic carbocycles. The number of fused-ring (bicyclic) bond motifs is 1. The van der Waals surface area contributed by atoms with Crippen LogP contribution in [0.25, 0.3) is 0 Å². The van der Waals surface area contributed by atoms with Gasteiger partial charge in [-0.25, -0.2) is 0 Å². The summed E-state index contributed by atoms with van der Waals surface area (Å²) >= 11 is 0. The summed E-state index contributed by atoms with van der Waals surface area (Å²) in [6.45, 7) is 13.6. The number of hydrogen-bond donors (Lipinski definition) is 0. The molecule has 0 heterocycles. The molecule has 0 spiro atoms. The van der Waals surface area contributed by atoms with Gasteiger partial charge < -0.3 is 4.74 Å². The average molecular weight is 288 g/mol. The second-order valence-corrected chi connectivity index (χ2v) is 7.37. The number of hydrogen-bond acceptors (Lipinski definition) is 2. The topological polar surface area (TPSA) is 26.3 Å². The molecular weight excluding hydrogens is 260 g/mol. The highest BCUT2D eigenvalue weighted by molar-refractivity contribution is 5.99. The second-order valence-electron chi connectivity index (χ2n) is 7.37. The first kappa shape index (κ1) is 16.1. The molecule has 0 saturated carbocycles. The van der Waals surface area contributed by atoms with Crippen LogP contribution in [0.2, 0.25) is 0 Å². The maximum Gasteiger partial charge on any atom is 0.166 e. The number of ether oxygens (including phenoxy) is 1. The number of ketones is 1. The Kier molecular flexibility index (Phi) is 4.19. The van der Waals surface area contributed by atoms with Gasteiger partial charge in [-0.2, -0.15) is 0 Å². The predicted octanol–water partition coefficient (Wildman–Crippen LogP) is 5.03. The predicted molar refractivity (Wildman–Crippen MR) is 87.5 cm³/mol. The fourth-order valence-corrected chi connectivity index (χ4v) is 3.28. The standard InChI is InChI=1S/C19H28O2/c1-7-16(20)13-11-14-15(12-17(13)21-8-2)19(5,6)10-9-18(14,3)4/h11-12H,7-10H2,1-6H3. The van der Waals surface area contributed by atoms with E-state index in [1.165, 1.54) is 17.5 Å². The minimum absolute atomic E-state index is 0.123. The average Bonchev–Trinajstić information content (AvgIpc) is 2.43. The van der Waals surface area contributed by atoms with Crippen molar-refractivity contribution in [1.82, 2.24) is 0 Å². The van der Waals surface area contributed by atoms with Gasteiger partial charge in [0.1, 0.15) is 5.75 Å². The second kappa shape index (κ2) is 5.47. The van der Waals surface area contributed by atoms with Crippen LogP contribution in [0.1, 0.15) is 82.3 Å². The van der Waals surface area contributed by atoms with Crippen molar-refractivity contribution < 1.29 is 9.53 Å². The fraction of sp³-hybridized carbons (Fsp3) is 0.632. The van der Waals surface area contributed by atoms with Crippen LogP contribution in [-0.4, -0.2) is 12.4 Å². The zero-order valence-corrected chi connectivity index (χ0v) is 14.3. The minimum Gasteiger partial charge on any atom is -0.493 e. The molecule has 1 aromatic carbocycles. The fourth-order valence-electron chi connectivity index (χ4n) is 3.28. The van der Waals surface area contributed by atoms with E-state index in [1.54, 1.807) is 0 Å². The van der Waals surface area contributed by atoms with Crippen LogP contribution in [0.5, 0.6) is 5.75 Å². The van der Waals surface area contributed by atoms with Crippen LogP contribution in [0.4, 0.5) is 0 Å². The SMILES string of the molecule is CCOc1cc2c(cc1C(=O)CC)C(C)(C)CCC2(C)C. The molecule has 0 unspecified atom stereocenters. The molecule has 116 valence electrons. The molecule has 0 radical (unpaired) electrons. The lowest BCUT2D eigenvalue weighted by atomic mass is 9.63. The smallest absolute Gasteiger partial charge is 0.166 e. The van der Waals surface area contributed by atoms with Gasteiger partial charge in [0.05, 0.1) is 12.2 Å². The molecule has 0 aromatic heterocycles. The van der Waals surface area contributed by atoms with Gasteiger partial charge in [-0.3, -0.25) is 4.79 Å². The Hall–Kier alpha value is -1.31. The highest BCUT2D eigenvalue weighted by Crippen LogP contribution is 2.47. The van der Waals surface area contributed by atoms with E-state index < -0.39 is 0 Å². The molecule has 0 bridgehead atoms. The monoisotopic (exact) mass is 288 g/mol. The summed E-state index contributed by atoms with van der Waals surface area (Å²) in [6, 6.07) is 4.23. The van der Waals surface area contributed by atoms with E-state index in [4.69, 9.17) is 4.74 Å². The van der Waals surface area contributed by atoms with E-state index >= 15 is 0 Å². The van der Waals surface area contributed by atoms with Gasteiger partial charge in [-0.1, -0.05) is 34.6 Å². The minimum atomic E-state index is 0.123. The van der Waals surface area contributed by atoms with Crippen molar-refractivity contribution in [2.24, 2.45) is 0 Å². The molecule has 2 rings (SSSR count). The van der Waals surface area contributed by atoms with E-state index in [-0.39, 0.29) is 16.6 Å². The van der Waals surface area contributed by atoms with Gasteiger partial charge >= 0.3 is 0 Å². The first-order valence-electron chi connectivity index (χ1n) is 8.08. The van der Waals surface area contributed by atoms with Gasteiger partial charge in [0.25, 0.3) is 0 Å². The Balaban J connectivity index is 2.69. The molecular formula is C19H28O2. The summed E-state index contributed by atoms with van der Waals surface area (Å²) < 4.78 is 5.77. The van der Waals surface area contributed by atoms with Gasteiger partial charge in [0.15, 0.2) is 5.78 Å². The van der Waals surface area contributed by atoms with Gasteiger partial charge in [0.2, 0.25) is 0 Å². The van der Waals surface area contributed by atoms with E-state index in [9.17, 15) is 4.79 Å². The van der Waals surface area contributed by atoms with Crippen LogP contribution in [0.15, 0.2) is 12.1 Å². The molecule has 0 amide bonds. The molecule has 2 nitrogen and oxygen atoms in total.